The third kappa shape index (κ3) is 3.75. The van der Waals surface area contributed by atoms with Crippen molar-refractivity contribution in [1.29, 1.82) is 0 Å². The summed E-state index contributed by atoms with van der Waals surface area (Å²) in [5, 5.41) is 13.3. The number of rotatable bonds is 5. The molecule has 1 fully saturated rings. The lowest BCUT2D eigenvalue weighted by atomic mass is 9.94. The zero-order valence-corrected chi connectivity index (χ0v) is 11.2. The summed E-state index contributed by atoms with van der Waals surface area (Å²) in [5.41, 5.74) is 4.88. The van der Waals surface area contributed by atoms with E-state index in [-0.39, 0.29) is 12.1 Å². The number of benzene rings is 1. The van der Waals surface area contributed by atoms with Crippen LogP contribution in [0.15, 0.2) is 18.2 Å². The zero-order chi connectivity index (χ0) is 14.6. The van der Waals surface area contributed by atoms with Crippen LogP contribution in [0.5, 0.6) is 0 Å². The maximum Gasteiger partial charge on any atom is 0.248 e. The van der Waals surface area contributed by atoms with Crippen molar-refractivity contribution in [3.05, 3.63) is 35.1 Å². The van der Waals surface area contributed by atoms with Gasteiger partial charge in [0.05, 0.1) is 5.60 Å². The molecule has 1 aliphatic rings. The van der Waals surface area contributed by atoms with Crippen molar-refractivity contribution in [3.63, 3.8) is 0 Å². The molecule has 0 aliphatic carbocycles. The molecule has 2 rings (SSSR count). The minimum atomic E-state index is -0.790. The molecule has 0 unspecified atom stereocenters. The van der Waals surface area contributed by atoms with E-state index in [1.807, 2.05) is 0 Å². The van der Waals surface area contributed by atoms with E-state index in [2.05, 4.69) is 5.32 Å². The Bertz CT molecular complexity index is 487. The van der Waals surface area contributed by atoms with E-state index >= 15 is 0 Å². The second-order valence-electron chi connectivity index (χ2n) is 5.11. The second kappa shape index (κ2) is 6.30. The molecule has 1 amide bonds. The van der Waals surface area contributed by atoms with Gasteiger partial charge in [-0.15, -0.1) is 0 Å². The van der Waals surface area contributed by atoms with Gasteiger partial charge < -0.3 is 20.9 Å². The maximum atomic E-state index is 13.7. The van der Waals surface area contributed by atoms with Gasteiger partial charge in [0.1, 0.15) is 5.82 Å². The van der Waals surface area contributed by atoms with Crippen LogP contribution in [0.1, 0.15) is 28.8 Å². The summed E-state index contributed by atoms with van der Waals surface area (Å²) in [6.45, 7) is 1.75. The molecule has 1 saturated heterocycles. The van der Waals surface area contributed by atoms with Gasteiger partial charge in [0, 0.05) is 50.3 Å². The molecule has 0 atom stereocenters. The molecule has 0 spiro atoms. The number of carbonyl (C=O) groups is 1. The number of halogens is 1. The first-order chi connectivity index (χ1) is 9.50. The van der Waals surface area contributed by atoms with E-state index in [0.29, 0.717) is 38.2 Å². The van der Waals surface area contributed by atoms with Crippen molar-refractivity contribution < 1.29 is 19.0 Å². The van der Waals surface area contributed by atoms with E-state index < -0.39 is 17.3 Å². The van der Waals surface area contributed by atoms with Crippen LogP contribution in [0.25, 0.3) is 0 Å². The molecular formula is C14H19FN2O3. The van der Waals surface area contributed by atoms with Crippen LogP contribution in [0.3, 0.4) is 0 Å². The van der Waals surface area contributed by atoms with Gasteiger partial charge in [-0.25, -0.2) is 4.39 Å². The summed E-state index contributed by atoms with van der Waals surface area (Å²) < 4.78 is 18.9. The van der Waals surface area contributed by atoms with Crippen molar-refractivity contribution in [2.75, 3.05) is 19.8 Å². The van der Waals surface area contributed by atoms with Crippen molar-refractivity contribution >= 4 is 5.91 Å². The van der Waals surface area contributed by atoms with Gasteiger partial charge in [0.15, 0.2) is 0 Å². The molecule has 4 N–H and O–H groups in total. The Kier molecular flexibility index (Phi) is 4.69. The molecule has 5 nitrogen and oxygen atoms in total. The average Bonchev–Trinajstić information content (AvgIpc) is 2.41. The molecule has 1 aliphatic heterocycles. The van der Waals surface area contributed by atoms with Crippen molar-refractivity contribution in [2.24, 2.45) is 5.73 Å². The average molecular weight is 282 g/mol. The lowest BCUT2D eigenvalue weighted by Crippen LogP contribution is -2.44. The van der Waals surface area contributed by atoms with Gasteiger partial charge in [-0.1, -0.05) is 6.07 Å². The van der Waals surface area contributed by atoms with Crippen molar-refractivity contribution in [1.82, 2.24) is 5.32 Å². The van der Waals surface area contributed by atoms with Gasteiger partial charge in [0.25, 0.3) is 0 Å². The maximum absolute atomic E-state index is 13.7. The molecule has 1 heterocycles. The SMILES string of the molecule is NC(=O)c1ccc(CNCC2(O)CCOCC2)c(F)c1. The highest BCUT2D eigenvalue weighted by atomic mass is 19.1. The Balaban J connectivity index is 1.89. The number of hydrogen-bond donors (Lipinski definition) is 3. The lowest BCUT2D eigenvalue weighted by Gasteiger charge is -2.32. The first-order valence-corrected chi connectivity index (χ1v) is 6.59. The molecule has 0 radical (unpaired) electrons. The number of amides is 1. The van der Waals surface area contributed by atoms with E-state index in [1.165, 1.54) is 12.1 Å². The normalized spacial score (nSPS) is 17.9. The summed E-state index contributed by atoms with van der Waals surface area (Å²) in [6, 6.07) is 4.14. The number of carbonyl (C=O) groups excluding carboxylic acids is 1. The van der Waals surface area contributed by atoms with Crippen LogP contribution in [0.2, 0.25) is 0 Å². The highest BCUT2D eigenvalue weighted by Crippen LogP contribution is 2.19. The lowest BCUT2D eigenvalue weighted by molar-refractivity contribution is -0.0617. The zero-order valence-electron chi connectivity index (χ0n) is 11.2. The fourth-order valence-electron chi connectivity index (χ4n) is 2.20. The van der Waals surface area contributed by atoms with E-state index in [4.69, 9.17) is 10.5 Å². The molecule has 20 heavy (non-hydrogen) atoms. The Labute approximate surface area is 116 Å². The minimum Gasteiger partial charge on any atom is -0.388 e. The highest BCUT2D eigenvalue weighted by Gasteiger charge is 2.29. The van der Waals surface area contributed by atoms with Gasteiger partial charge in [0.2, 0.25) is 5.91 Å². The summed E-state index contributed by atoms with van der Waals surface area (Å²) in [7, 11) is 0. The molecule has 0 saturated carbocycles. The van der Waals surface area contributed by atoms with Gasteiger partial charge in [-0.2, -0.15) is 0 Å². The number of primary amides is 1. The Morgan fingerprint density at radius 2 is 2.15 bits per heavy atom. The van der Waals surface area contributed by atoms with Gasteiger partial charge >= 0.3 is 0 Å². The van der Waals surface area contributed by atoms with Crippen LogP contribution >= 0.6 is 0 Å². The summed E-state index contributed by atoms with van der Waals surface area (Å²) in [6.07, 6.45) is 1.15. The number of hydrogen-bond acceptors (Lipinski definition) is 4. The number of ether oxygens (including phenoxy) is 1. The molecular weight excluding hydrogens is 263 g/mol. The topological polar surface area (TPSA) is 84.6 Å². The second-order valence-corrected chi connectivity index (χ2v) is 5.11. The number of aliphatic hydroxyl groups is 1. The summed E-state index contributed by atoms with van der Waals surface area (Å²) in [5.74, 6) is -1.13. The predicted molar refractivity (Wildman–Crippen MR) is 71.6 cm³/mol. The third-order valence-corrected chi connectivity index (χ3v) is 3.53. The molecule has 0 aromatic heterocycles. The first-order valence-electron chi connectivity index (χ1n) is 6.59. The summed E-state index contributed by atoms with van der Waals surface area (Å²) in [4.78, 5) is 10.9. The minimum absolute atomic E-state index is 0.148. The van der Waals surface area contributed by atoms with E-state index in [9.17, 15) is 14.3 Å². The number of nitrogens with two attached hydrogens (primary N) is 1. The first kappa shape index (κ1) is 14.9. The van der Waals surface area contributed by atoms with Gasteiger partial charge in [-0.3, -0.25) is 4.79 Å². The van der Waals surface area contributed by atoms with E-state index in [1.54, 1.807) is 0 Å². The molecule has 0 bridgehead atoms. The largest absolute Gasteiger partial charge is 0.388 e. The third-order valence-electron chi connectivity index (χ3n) is 3.53. The molecule has 1 aromatic carbocycles. The summed E-state index contributed by atoms with van der Waals surface area (Å²) >= 11 is 0. The molecule has 6 heteroatoms. The van der Waals surface area contributed by atoms with Crippen LogP contribution < -0.4 is 11.1 Å². The van der Waals surface area contributed by atoms with E-state index in [0.717, 1.165) is 6.07 Å². The predicted octanol–water partition coefficient (Wildman–Crippen LogP) is 0.556. The smallest absolute Gasteiger partial charge is 0.248 e. The fourth-order valence-corrected chi connectivity index (χ4v) is 2.20. The van der Waals surface area contributed by atoms with Crippen LogP contribution in [-0.2, 0) is 11.3 Å². The highest BCUT2D eigenvalue weighted by molar-refractivity contribution is 5.92. The van der Waals surface area contributed by atoms with Crippen LogP contribution in [0.4, 0.5) is 4.39 Å². The van der Waals surface area contributed by atoms with Crippen molar-refractivity contribution in [3.8, 4) is 0 Å². The van der Waals surface area contributed by atoms with Crippen molar-refractivity contribution in [2.45, 2.75) is 25.0 Å². The van der Waals surface area contributed by atoms with Crippen LogP contribution in [-0.4, -0.2) is 36.4 Å². The Morgan fingerprint density at radius 1 is 1.45 bits per heavy atom. The van der Waals surface area contributed by atoms with Gasteiger partial charge in [-0.05, 0) is 12.1 Å². The quantitative estimate of drug-likeness (QED) is 0.736. The van der Waals surface area contributed by atoms with Crippen LogP contribution in [0, 0.1) is 5.82 Å². The fraction of sp³-hybridized carbons (Fsp3) is 0.500. The standard InChI is InChI=1S/C14H19FN2O3/c15-12-7-10(13(16)18)1-2-11(12)8-17-9-14(19)3-5-20-6-4-14/h1-2,7,17,19H,3-6,8-9H2,(H2,16,18). The monoisotopic (exact) mass is 282 g/mol. The molecule has 1 aromatic rings. The Hall–Kier alpha value is -1.50. The number of nitrogens with one attached hydrogen (secondary N) is 1. The molecule has 110 valence electrons. The Morgan fingerprint density at radius 3 is 2.75 bits per heavy atom.